The maximum atomic E-state index is 5.78. The van der Waals surface area contributed by atoms with Crippen molar-refractivity contribution in [2.24, 2.45) is 5.84 Å². The Morgan fingerprint density at radius 2 is 2.08 bits per heavy atom. The summed E-state index contributed by atoms with van der Waals surface area (Å²) < 4.78 is 0. The van der Waals surface area contributed by atoms with Crippen LogP contribution >= 0.6 is 12.6 Å². The number of hydrogen-bond donors (Lipinski definition) is 2. The van der Waals surface area contributed by atoms with Gasteiger partial charge < -0.3 is 0 Å². The van der Waals surface area contributed by atoms with Crippen molar-refractivity contribution >= 4 is 18.6 Å². The Hall–Kier alpha value is -0.880. The molecule has 0 aromatic carbocycles. The van der Waals surface area contributed by atoms with E-state index in [0.717, 1.165) is 12.8 Å². The van der Waals surface area contributed by atoms with Crippen LogP contribution in [-0.4, -0.2) is 21.0 Å². The van der Waals surface area contributed by atoms with E-state index in [-0.39, 0.29) is 0 Å². The normalized spacial score (nSPS) is 15.9. The molecule has 0 saturated heterocycles. The van der Waals surface area contributed by atoms with Gasteiger partial charge in [0, 0.05) is 6.04 Å². The highest BCUT2D eigenvalue weighted by Crippen LogP contribution is 2.26. The molecule has 0 bridgehead atoms. The van der Waals surface area contributed by atoms with Gasteiger partial charge in [0.1, 0.15) is 5.82 Å². The van der Waals surface area contributed by atoms with Crippen LogP contribution in [0, 0.1) is 6.92 Å². The van der Waals surface area contributed by atoms with E-state index in [1.807, 2.05) is 0 Å². The van der Waals surface area contributed by atoms with E-state index in [9.17, 15) is 0 Å². The summed E-state index contributed by atoms with van der Waals surface area (Å²) in [6.07, 6.45) is 2.23. The SMILES string of the molecule is Cc1nc(S)nc(N(N)C2CC2)n1. The number of nitrogens with zero attached hydrogens (tertiary/aromatic N) is 4. The van der Waals surface area contributed by atoms with Crippen LogP contribution in [0.1, 0.15) is 18.7 Å². The fraction of sp³-hybridized carbons (Fsp3) is 0.571. The monoisotopic (exact) mass is 197 g/mol. The molecule has 70 valence electrons. The molecule has 0 unspecified atom stereocenters. The maximum Gasteiger partial charge on any atom is 0.244 e. The summed E-state index contributed by atoms with van der Waals surface area (Å²) in [6.45, 7) is 1.80. The molecule has 1 aromatic heterocycles. The van der Waals surface area contributed by atoms with E-state index in [0.29, 0.717) is 23.0 Å². The highest BCUT2D eigenvalue weighted by molar-refractivity contribution is 7.80. The smallest absolute Gasteiger partial charge is 0.244 e. The van der Waals surface area contributed by atoms with Gasteiger partial charge in [-0.3, -0.25) is 5.01 Å². The average Bonchev–Trinajstić information content (AvgIpc) is 2.83. The zero-order valence-electron chi connectivity index (χ0n) is 7.30. The first-order valence-corrected chi connectivity index (χ1v) is 4.57. The molecule has 0 amide bonds. The highest BCUT2D eigenvalue weighted by atomic mass is 32.1. The molecule has 6 heteroatoms. The summed E-state index contributed by atoms with van der Waals surface area (Å²) in [4.78, 5) is 12.1. The first-order valence-electron chi connectivity index (χ1n) is 4.12. The van der Waals surface area contributed by atoms with E-state index in [4.69, 9.17) is 5.84 Å². The number of aryl methyl sites for hydroxylation is 1. The first-order chi connectivity index (χ1) is 6.16. The largest absolute Gasteiger partial charge is 0.276 e. The molecule has 0 radical (unpaired) electrons. The summed E-state index contributed by atoms with van der Waals surface area (Å²) in [5.74, 6) is 6.94. The van der Waals surface area contributed by atoms with E-state index in [1.165, 1.54) is 0 Å². The molecular formula is C7H11N5S. The Morgan fingerprint density at radius 1 is 1.38 bits per heavy atom. The van der Waals surface area contributed by atoms with Crippen LogP contribution in [-0.2, 0) is 0 Å². The van der Waals surface area contributed by atoms with Crippen LogP contribution in [0.15, 0.2) is 5.16 Å². The lowest BCUT2D eigenvalue weighted by Crippen LogP contribution is -2.35. The minimum atomic E-state index is 0.398. The van der Waals surface area contributed by atoms with Crippen molar-refractivity contribution < 1.29 is 0 Å². The van der Waals surface area contributed by atoms with Gasteiger partial charge in [-0.2, -0.15) is 9.97 Å². The van der Waals surface area contributed by atoms with Crippen LogP contribution in [0.4, 0.5) is 5.95 Å². The van der Waals surface area contributed by atoms with Crippen LogP contribution in [0.5, 0.6) is 0 Å². The summed E-state index contributed by atoms with van der Waals surface area (Å²) in [6, 6.07) is 0.398. The molecule has 5 nitrogen and oxygen atoms in total. The number of rotatable bonds is 2. The Labute approximate surface area is 81.8 Å². The number of anilines is 1. The van der Waals surface area contributed by atoms with Crippen LogP contribution in [0.25, 0.3) is 0 Å². The van der Waals surface area contributed by atoms with Crippen molar-refractivity contribution in [1.82, 2.24) is 15.0 Å². The highest BCUT2D eigenvalue weighted by Gasteiger charge is 2.29. The summed E-state index contributed by atoms with van der Waals surface area (Å²) in [7, 11) is 0. The van der Waals surface area contributed by atoms with Crippen molar-refractivity contribution in [3.05, 3.63) is 5.82 Å². The second-order valence-electron chi connectivity index (χ2n) is 3.12. The topological polar surface area (TPSA) is 67.9 Å². The van der Waals surface area contributed by atoms with Gasteiger partial charge >= 0.3 is 0 Å². The fourth-order valence-corrected chi connectivity index (χ4v) is 1.32. The summed E-state index contributed by atoms with van der Waals surface area (Å²) in [5, 5.41) is 2.01. The Balaban J connectivity index is 2.27. The van der Waals surface area contributed by atoms with Gasteiger partial charge in [0.15, 0.2) is 5.16 Å². The van der Waals surface area contributed by atoms with Crippen molar-refractivity contribution in [2.45, 2.75) is 31.0 Å². The summed E-state index contributed by atoms with van der Waals surface area (Å²) >= 11 is 4.06. The van der Waals surface area contributed by atoms with Gasteiger partial charge in [-0.15, -0.1) is 12.6 Å². The maximum absolute atomic E-state index is 5.78. The molecule has 1 aromatic rings. The van der Waals surface area contributed by atoms with Gasteiger partial charge in [0.2, 0.25) is 5.95 Å². The second kappa shape index (κ2) is 3.12. The standard InChI is InChI=1S/C7H11N5S/c1-4-9-6(11-7(13)10-4)12(8)5-2-3-5/h5H,2-3,8H2,1H3,(H,9,10,11,13). The molecule has 13 heavy (non-hydrogen) atoms. The van der Waals surface area contributed by atoms with E-state index < -0.39 is 0 Å². The number of hydrazine groups is 1. The Bertz CT molecular complexity index is 304. The van der Waals surface area contributed by atoms with Gasteiger partial charge in [-0.05, 0) is 19.8 Å². The summed E-state index contributed by atoms with van der Waals surface area (Å²) in [5.41, 5.74) is 0. The number of thiol groups is 1. The average molecular weight is 197 g/mol. The molecule has 2 N–H and O–H groups in total. The van der Waals surface area contributed by atoms with Gasteiger partial charge in [-0.25, -0.2) is 10.8 Å². The zero-order valence-corrected chi connectivity index (χ0v) is 8.20. The Morgan fingerprint density at radius 3 is 2.62 bits per heavy atom. The van der Waals surface area contributed by atoms with Gasteiger partial charge in [-0.1, -0.05) is 0 Å². The van der Waals surface area contributed by atoms with Crippen LogP contribution in [0.2, 0.25) is 0 Å². The van der Waals surface area contributed by atoms with Crippen molar-refractivity contribution in [1.29, 1.82) is 0 Å². The minimum Gasteiger partial charge on any atom is -0.276 e. The molecule has 1 fully saturated rings. The van der Waals surface area contributed by atoms with Crippen molar-refractivity contribution in [3.63, 3.8) is 0 Å². The zero-order chi connectivity index (χ0) is 9.42. The minimum absolute atomic E-state index is 0.398. The molecule has 0 spiro atoms. The number of hydrogen-bond acceptors (Lipinski definition) is 6. The molecular weight excluding hydrogens is 186 g/mol. The number of aromatic nitrogens is 3. The second-order valence-corrected chi connectivity index (χ2v) is 3.52. The Kier molecular flexibility index (Phi) is 2.09. The lowest BCUT2D eigenvalue weighted by atomic mass is 10.6. The predicted molar refractivity (Wildman–Crippen MR) is 51.5 cm³/mol. The lowest BCUT2D eigenvalue weighted by Gasteiger charge is -2.15. The van der Waals surface area contributed by atoms with Crippen molar-refractivity contribution in [3.8, 4) is 0 Å². The third-order valence-electron chi connectivity index (χ3n) is 1.89. The lowest BCUT2D eigenvalue weighted by molar-refractivity contribution is 0.753. The third kappa shape index (κ3) is 1.89. The van der Waals surface area contributed by atoms with E-state index >= 15 is 0 Å². The first kappa shape index (κ1) is 8.71. The molecule has 1 aliphatic rings. The van der Waals surface area contributed by atoms with Crippen molar-refractivity contribution in [2.75, 3.05) is 5.01 Å². The van der Waals surface area contributed by atoms with Gasteiger partial charge in [0.25, 0.3) is 0 Å². The van der Waals surface area contributed by atoms with E-state index in [2.05, 4.69) is 27.6 Å². The van der Waals surface area contributed by atoms with Crippen LogP contribution in [0.3, 0.4) is 0 Å². The molecule has 1 saturated carbocycles. The predicted octanol–water partition coefficient (Wildman–Crippen LogP) is 0.311. The number of nitrogens with two attached hydrogens (primary N) is 1. The molecule has 0 aliphatic heterocycles. The molecule has 0 atom stereocenters. The van der Waals surface area contributed by atoms with Gasteiger partial charge in [0.05, 0.1) is 0 Å². The van der Waals surface area contributed by atoms with E-state index in [1.54, 1.807) is 11.9 Å². The molecule has 1 heterocycles. The molecule has 1 aliphatic carbocycles. The molecule has 2 rings (SSSR count). The van der Waals surface area contributed by atoms with Crippen LogP contribution < -0.4 is 10.9 Å². The quantitative estimate of drug-likeness (QED) is 0.406. The third-order valence-corrected chi connectivity index (χ3v) is 2.09. The fourth-order valence-electron chi connectivity index (χ4n) is 1.09.